The molecular weight excluding hydrogens is 588 g/mol. The minimum atomic E-state index is -4.48. The molecule has 0 radical (unpaired) electrons. The predicted octanol–water partition coefficient (Wildman–Crippen LogP) is 6.50. The van der Waals surface area contributed by atoms with E-state index in [4.69, 9.17) is 19.7 Å². The van der Waals surface area contributed by atoms with Gasteiger partial charge in [-0.3, -0.25) is 0 Å². The minimum Gasteiger partial charge on any atom is -0.489 e. The molecule has 4 rings (SSSR count). The summed E-state index contributed by atoms with van der Waals surface area (Å²) in [6.07, 6.45) is -10.6. The Kier molecular flexibility index (Phi) is 9.84. The zero-order valence-corrected chi connectivity index (χ0v) is 22.9. The summed E-state index contributed by atoms with van der Waals surface area (Å²) in [4.78, 5) is 4.37. The summed E-state index contributed by atoms with van der Waals surface area (Å²) >= 11 is 0. The first-order valence-electron chi connectivity index (χ1n) is 12.9. The van der Waals surface area contributed by atoms with Crippen LogP contribution >= 0.6 is 0 Å². The standard InChI is InChI=1S/C33H23F6NO4/c1-21-16-29(14-15-30(21)44-20-31(41)42)43-19-24-17-27(12-6-22-2-8-25(9-3-22)32(34,35)36)40-28(18-24)13-7-23-4-10-26(11-5-23)33(37,38)39/h2-5,8-11,14-18,31,41-42H,19-20H2,1H3. The molecule has 0 unspecified atom stereocenters. The van der Waals surface area contributed by atoms with Gasteiger partial charge in [0, 0.05) is 11.1 Å². The SMILES string of the molecule is Cc1cc(OCc2cc(C#Cc3ccc(C(F)(F)F)cc3)nc(C#Cc3ccc(C(F)(F)F)cc3)c2)ccc1OCC(O)O. The zero-order chi connectivity index (χ0) is 31.9. The summed E-state index contributed by atoms with van der Waals surface area (Å²) in [7, 11) is 0. The van der Waals surface area contributed by atoms with Crippen molar-refractivity contribution in [2.75, 3.05) is 6.61 Å². The van der Waals surface area contributed by atoms with E-state index in [1.165, 1.54) is 24.3 Å². The highest BCUT2D eigenvalue weighted by atomic mass is 19.4. The molecule has 0 spiro atoms. The van der Waals surface area contributed by atoms with Crippen molar-refractivity contribution in [1.29, 1.82) is 0 Å². The Labute approximate surface area is 248 Å². The maximum atomic E-state index is 12.9. The third kappa shape index (κ3) is 9.27. The van der Waals surface area contributed by atoms with Crippen molar-refractivity contribution >= 4 is 0 Å². The summed E-state index contributed by atoms with van der Waals surface area (Å²) in [6, 6.07) is 16.8. The molecular formula is C33H23F6NO4. The van der Waals surface area contributed by atoms with E-state index in [-0.39, 0.29) is 24.6 Å². The van der Waals surface area contributed by atoms with Crippen molar-refractivity contribution < 1.29 is 46.0 Å². The Hall–Kier alpha value is -4.97. The minimum absolute atomic E-state index is 0.0431. The van der Waals surface area contributed by atoms with Crippen molar-refractivity contribution in [2.24, 2.45) is 0 Å². The number of benzene rings is 3. The van der Waals surface area contributed by atoms with Gasteiger partial charge in [0.15, 0.2) is 6.29 Å². The second kappa shape index (κ2) is 13.6. The molecule has 2 N–H and O–H groups in total. The average molecular weight is 612 g/mol. The molecule has 0 amide bonds. The number of hydrogen-bond acceptors (Lipinski definition) is 5. The van der Waals surface area contributed by atoms with Gasteiger partial charge >= 0.3 is 12.4 Å². The number of alkyl halides is 6. The summed E-state index contributed by atoms with van der Waals surface area (Å²) in [6.45, 7) is 1.49. The van der Waals surface area contributed by atoms with Gasteiger partial charge in [0.2, 0.25) is 0 Å². The van der Waals surface area contributed by atoms with Crippen molar-refractivity contribution in [3.8, 4) is 35.2 Å². The summed E-state index contributed by atoms with van der Waals surface area (Å²) in [5.74, 6) is 12.1. The summed E-state index contributed by atoms with van der Waals surface area (Å²) < 4.78 is 88.5. The predicted molar refractivity (Wildman–Crippen MR) is 148 cm³/mol. The second-order valence-electron chi connectivity index (χ2n) is 9.40. The molecule has 1 heterocycles. The highest BCUT2D eigenvalue weighted by Crippen LogP contribution is 2.30. The molecule has 1 aromatic heterocycles. The van der Waals surface area contributed by atoms with Crippen LogP contribution in [0.15, 0.2) is 78.9 Å². The summed E-state index contributed by atoms with van der Waals surface area (Å²) in [5, 5.41) is 18.0. The fourth-order valence-electron chi connectivity index (χ4n) is 3.76. The molecule has 3 aromatic carbocycles. The first-order chi connectivity index (χ1) is 20.8. The Bertz CT molecular complexity index is 1630. The molecule has 0 saturated heterocycles. The molecule has 0 bridgehead atoms. The van der Waals surface area contributed by atoms with Crippen LogP contribution in [0.25, 0.3) is 0 Å². The van der Waals surface area contributed by atoms with E-state index >= 15 is 0 Å². The Morgan fingerprint density at radius 3 is 1.61 bits per heavy atom. The van der Waals surface area contributed by atoms with Crippen molar-refractivity contribution in [1.82, 2.24) is 4.98 Å². The van der Waals surface area contributed by atoms with E-state index < -0.39 is 29.8 Å². The lowest BCUT2D eigenvalue weighted by Crippen LogP contribution is -2.16. The quantitative estimate of drug-likeness (QED) is 0.148. The fraction of sp³-hybridized carbons (Fsp3) is 0.182. The first kappa shape index (κ1) is 32.0. The van der Waals surface area contributed by atoms with Gasteiger partial charge in [0.25, 0.3) is 0 Å². The molecule has 0 saturated carbocycles. The van der Waals surface area contributed by atoms with E-state index in [2.05, 4.69) is 28.7 Å². The maximum absolute atomic E-state index is 12.9. The highest BCUT2D eigenvalue weighted by Gasteiger charge is 2.30. The van der Waals surface area contributed by atoms with E-state index in [9.17, 15) is 26.3 Å². The molecule has 226 valence electrons. The van der Waals surface area contributed by atoms with Crippen LogP contribution in [0.5, 0.6) is 11.5 Å². The molecule has 5 nitrogen and oxygen atoms in total. The van der Waals surface area contributed by atoms with Gasteiger partial charge in [-0.25, -0.2) is 4.98 Å². The molecule has 11 heteroatoms. The topological polar surface area (TPSA) is 71.8 Å². The second-order valence-corrected chi connectivity index (χ2v) is 9.40. The van der Waals surface area contributed by atoms with Crippen LogP contribution in [-0.2, 0) is 19.0 Å². The highest BCUT2D eigenvalue weighted by molar-refractivity contribution is 5.47. The van der Waals surface area contributed by atoms with Crippen LogP contribution in [0.4, 0.5) is 26.3 Å². The van der Waals surface area contributed by atoms with Crippen molar-refractivity contribution in [2.45, 2.75) is 32.2 Å². The van der Waals surface area contributed by atoms with Crippen LogP contribution in [0, 0.1) is 30.6 Å². The fourth-order valence-corrected chi connectivity index (χ4v) is 3.76. The number of aliphatic hydroxyl groups excluding tert-OH is 1. The lowest BCUT2D eigenvalue weighted by molar-refractivity contribution is -0.138. The number of rotatable bonds is 6. The number of aryl methyl sites for hydroxylation is 1. The maximum Gasteiger partial charge on any atom is 0.416 e. The number of ether oxygens (including phenoxy) is 2. The largest absolute Gasteiger partial charge is 0.489 e. The zero-order valence-electron chi connectivity index (χ0n) is 22.9. The molecule has 0 atom stereocenters. The Morgan fingerprint density at radius 2 is 1.18 bits per heavy atom. The number of aliphatic hydroxyl groups is 2. The monoisotopic (exact) mass is 611 g/mol. The molecule has 0 aliphatic carbocycles. The number of hydrogen-bond donors (Lipinski definition) is 2. The smallest absolute Gasteiger partial charge is 0.416 e. The van der Waals surface area contributed by atoms with E-state index in [0.29, 0.717) is 33.8 Å². The third-order valence-corrected chi connectivity index (χ3v) is 5.92. The number of halogens is 6. The molecule has 4 aromatic rings. The normalized spacial score (nSPS) is 11.3. The van der Waals surface area contributed by atoms with Crippen molar-refractivity contribution in [3.05, 3.63) is 124 Å². The Balaban J connectivity index is 1.59. The van der Waals surface area contributed by atoms with Crippen LogP contribution in [-0.4, -0.2) is 28.1 Å². The third-order valence-electron chi connectivity index (χ3n) is 5.92. The average Bonchev–Trinajstić information content (AvgIpc) is 2.97. The first-order valence-corrected chi connectivity index (χ1v) is 12.9. The van der Waals surface area contributed by atoms with Gasteiger partial charge in [-0.2, -0.15) is 26.3 Å². The summed E-state index contributed by atoms with van der Waals surface area (Å²) in [5.41, 5.74) is 0.800. The van der Waals surface area contributed by atoms with Crippen LogP contribution in [0.2, 0.25) is 0 Å². The molecule has 0 fully saturated rings. The van der Waals surface area contributed by atoms with Crippen molar-refractivity contribution in [3.63, 3.8) is 0 Å². The Morgan fingerprint density at radius 1 is 0.682 bits per heavy atom. The van der Waals surface area contributed by atoms with Crippen LogP contribution in [0.1, 0.15) is 44.8 Å². The van der Waals surface area contributed by atoms with E-state index in [1.807, 2.05) is 0 Å². The number of nitrogens with zero attached hydrogens (tertiary/aromatic N) is 1. The van der Waals surface area contributed by atoms with Gasteiger partial charge in [-0.15, -0.1) is 0 Å². The lowest BCUT2D eigenvalue weighted by Gasteiger charge is -2.12. The van der Waals surface area contributed by atoms with Crippen LogP contribution < -0.4 is 9.47 Å². The molecule has 0 aliphatic heterocycles. The van der Waals surface area contributed by atoms with Gasteiger partial charge in [-0.05, 0) is 109 Å². The van der Waals surface area contributed by atoms with E-state index in [1.54, 1.807) is 37.3 Å². The van der Waals surface area contributed by atoms with Gasteiger partial charge < -0.3 is 19.7 Å². The van der Waals surface area contributed by atoms with Gasteiger partial charge in [-0.1, -0.05) is 11.8 Å². The molecule has 44 heavy (non-hydrogen) atoms. The van der Waals surface area contributed by atoms with Gasteiger partial charge in [0.1, 0.15) is 36.1 Å². The number of pyridine rings is 1. The number of aromatic nitrogens is 1. The lowest BCUT2D eigenvalue weighted by atomic mass is 10.1. The van der Waals surface area contributed by atoms with Gasteiger partial charge in [0.05, 0.1) is 11.1 Å². The van der Waals surface area contributed by atoms with Crippen LogP contribution in [0.3, 0.4) is 0 Å². The van der Waals surface area contributed by atoms with E-state index in [0.717, 1.165) is 24.3 Å². The molecule has 0 aliphatic rings.